The van der Waals surface area contributed by atoms with Crippen molar-refractivity contribution in [2.75, 3.05) is 5.32 Å². The molecule has 1 heterocycles. The van der Waals surface area contributed by atoms with Gasteiger partial charge in [-0.2, -0.15) is 5.26 Å². The fourth-order valence-corrected chi connectivity index (χ4v) is 1.89. The number of nitrogens with zero attached hydrogens (tertiary/aromatic N) is 2. The highest BCUT2D eigenvalue weighted by atomic mass is 35.5. The third-order valence-corrected chi connectivity index (χ3v) is 2.97. The maximum absolute atomic E-state index is 8.78. The average molecular weight is 258 g/mol. The number of hydrogen-bond acceptors (Lipinski definition) is 3. The zero-order valence-corrected chi connectivity index (χ0v) is 10.6. The van der Waals surface area contributed by atoms with Crippen LogP contribution in [0.3, 0.4) is 0 Å². The lowest BCUT2D eigenvalue weighted by Crippen LogP contribution is -2.07. The average Bonchev–Trinajstić information content (AvgIpc) is 2.42. The largest absolute Gasteiger partial charge is 0.377 e. The Morgan fingerprint density at radius 3 is 2.83 bits per heavy atom. The molecule has 2 aromatic rings. The summed E-state index contributed by atoms with van der Waals surface area (Å²) in [6, 6.07) is 11.3. The van der Waals surface area contributed by atoms with Gasteiger partial charge in [0, 0.05) is 12.4 Å². The number of rotatable bonds is 3. The second-order valence-corrected chi connectivity index (χ2v) is 4.37. The first-order valence-corrected chi connectivity index (χ1v) is 5.94. The minimum Gasteiger partial charge on any atom is -0.377 e. The van der Waals surface area contributed by atoms with Gasteiger partial charge in [-0.15, -0.1) is 0 Å². The predicted octanol–water partition coefficient (Wildman–Crippen LogP) is 3.78. The second kappa shape index (κ2) is 5.52. The summed E-state index contributed by atoms with van der Waals surface area (Å²) in [4.78, 5) is 4.08. The lowest BCUT2D eigenvalue weighted by molar-refractivity contribution is 0.876. The molecular formula is C14H12ClN3. The van der Waals surface area contributed by atoms with Crippen LogP contribution in [0.5, 0.6) is 0 Å². The van der Waals surface area contributed by atoms with Gasteiger partial charge in [0.15, 0.2) is 0 Å². The molecule has 1 atom stereocenters. The van der Waals surface area contributed by atoms with E-state index in [4.69, 9.17) is 16.9 Å². The summed E-state index contributed by atoms with van der Waals surface area (Å²) < 4.78 is 0. The molecule has 90 valence electrons. The van der Waals surface area contributed by atoms with E-state index in [1.165, 1.54) is 0 Å². The Morgan fingerprint density at radius 1 is 1.39 bits per heavy atom. The zero-order chi connectivity index (χ0) is 13.0. The fraction of sp³-hybridized carbons (Fsp3) is 0.143. The highest BCUT2D eigenvalue weighted by Crippen LogP contribution is 2.26. The number of nitrogens with one attached hydrogen (secondary N) is 1. The molecule has 0 saturated carbocycles. The lowest BCUT2D eigenvalue weighted by atomic mass is 10.1. The minimum atomic E-state index is 0.101. The molecule has 0 radical (unpaired) electrons. The van der Waals surface area contributed by atoms with Crippen LogP contribution in [0, 0.1) is 11.3 Å². The van der Waals surface area contributed by atoms with Crippen LogP contribution in [0.25, 0.3) is 0 Å². The summed E-state index contributed by atoms with van der Waals surface area (Å²) in [7, 11) is 0. The molecule has 0 aliphatic rings. The lowest BCUT2D eigenvalue weighted by Gasteiger charge is -2.16. The molecule has 0 aliphatic heterocycles. The van der Waals surface area contributed by atoms with E-state index in [1.54, 1.807) is 18.3 Å². The highest BCUT2D eigenvalue weighted by Gasteiger charge is 2.08. The van der Waals surface area contributed by atoms with Crippen molar-refractivity contribution in [3.8, 4) is 6.07 Å². The van der Waals surface area contributed by atoms with E-state index in [0.29, 0.717) is 10.6 Å². The van der Waals surface area contributed by atoms with Gasteiger partial charge in [0.05, 0.1) is 28.4 Å². The van der Waals surface area contributed by atoms with E-state index < -0.39 is 0 Å². The second-order valence-electron chi connectivity index (χ2n) is 3.96. The van der Waals surface area contributed by atoms with Crippen molar-refractivity contribution in [2.45, 2.75) is 13.0 Å². The first kappa shape index (κ1) is 12.4. The Balaban J connectivity index is 2.18. The quantitative estimate of drug-likeness (QED) is 0.910. The monoisotopic (exact) mass is 257 g/mol. The summed E-state index contributed by atoms with van der Waals surface area (Å²) in [6.45, 7) is 2.03. The number of halogens is 1. The number of benzene rings is 1. The third kappa shape index (κ3) is 2.79. The van der Waals surface area contributed by atoms with E-state index in [0.717, 1.165) is 11.3 Å². The van der Waals surface area contributed by atoms with E-state index >= 15 is 0 Å². The van der Waals surface area contributed by atoms with Crippen LogP contribution in [-0.4, -0.2) is 4.98 Å². The van der Waals surface area contributed by atoms with Crippen LogP contribution in [0.2, 0.25) is 5.02 Å². The summed E-state index contributed by atoms with van der Waals surface area (Å²) in [5, 5.41) is 12.6. The number of nitriles is 1. The topological polar surface area (TPSA) is 48.7 Å². The van der Waals surface area contributed by atoms with E-state index in [9.17, 15) is 0 Å². The molecule has 3 nitrogen and oxygen atoms in total. The summed E-state index contributed by atoms with van der Waals surface area (Å²) in [5.74, 6) is 0. The molecule has 1 aromatic heterocycles. The smallest absolute Gasteiger partial charge is 0.0992 e. The fourth-order valence-electron chi connectivity index (χ4n) is 1.65. The zero-order valence-electron chi connectivity index (χ0n) is 9.89. The Kier molecular flexibility index (Phi) is 3.81. The Morgan fingerprint density at radius 2 is 2.22 bits per heavy atom. The van der Waals surface area contributed by atoms with Gasteiger partial charge in [-0.25, -0.2) is 0 Å². The molecule has 1 N–H and O–H groups in total. The maximum Gasteiger partial charge on any atom is 0.0992 e. The van der Waals surface area contributed by atoms with Crippen LogP contribution in [0.1, 0.15) is 24.1 Å². The van der Waals surface area contributed by atoms with Gasteiger partial charge < -0.3 is 5.32 Å². The van der Waals surface area contributed by atoms with Crippen LogP contribution >= 0.6 is 11.6 Å². The first-order valence-electron chi connectivity index (χ1n) is 5.57. The van der Waals surface area contributed by atoms with E-state index in [-0.39, 0.29) is 6.04 Å². The summed E-state index contributed by atoms with van der Waals surface area (Å²) in [6.07, 6.45) is 3.56. The van der Waals surface area contributed by atoms with Crippen molar-refractivity contribution in [1.82, 2.24) is 4.98 Å². The van der Waals surface area contributed by atoms with Crippen molar-refractivity contribution in [1.29, 1.82) is 5.26 Å². The molecular weight excluding hydrogens is 246 g/mol. The molecule has 0 bridgehead atoms. The molecule has 4 heteroatoms. The molecule has 0 amide bonds. The molecule has 1 unspecified atom stereocenters. The van der Waals surface area contributed by atoms with Crippen molar-refractivity contribution < 1.29 is 0 Å². The van der Waals surface area contributed by atoms with Gasteiger partial charge in [-0.05, 0) is 36.8 Å². The molecule has 0 spiro atoms. The summed E-state index contributed by atoms with van der Waals surface area (Å²) in [5.41, 5.74) is 2.45. The number of anilines is 1. The molecule has 18 heavy (non-hydrogen) atoms. The molecule has 2 rings (SSSR count). The molecule has 0 saturated heterocycles. The molecule has 0 aliphatic carbocycles. The van der Waals surface area contributed by atoms with Crippen LogP contribution in [-0.2, 0) is 0 Å². The van der Waals surface area contributed by atoms with Crippen LogP contribution in [0.15, 0.2) is 42.7 Å². The Hall–Kier alpha value is -2.05. The normalized spacial score (nSPS) is 11.6. The third-order valence-electron chi connectivity index (χ3n) is 2.65. The Labute approximate surface area is 111 Å². The maximum atomic E-state index is 8.78. The van der Waals surface area contributed by atoms with Gasteiger partial charge in [0.1, 0.15) is 0 Å². The van der Waals surface area contributed by atoms with Crippen molar-refractivity contribution >= 4 is 17.3 Å². The molecule has 1 aromatic carbocycles. The van der Waals surface area contributed by atoms with Crippen molar-refractivity contribution in [3.63, 3.8) is 0 Å². The van der Waals surface area contributed by atoms with E-state index in [1.807, 2.05) is 31.3 Å². The summed E-state index contributed by atoms with van der Waals surface area (Å²) >= 11 is 6.11. The number of hydrogen-bond donors (Lipinski definition) is 1. The Bertz CT molecular complexity index is 575. The highest BCUT2D eigenvalue weighted by molar-refractivity contribution is 6.33. The van der Waals surface area contributed by atoms with Gasteiger partial charge in [-0.1, -0.05) is 17.7 Å². The van der Waals surface area contributed by atoms with Crippen molar-refractivity contribution in [3.05, 3.63) is 58.9 Å². The van der Waals surface area contributed by atoms with Gasteiger partial charge in [0.2, 0.25) is 0 Å². The van der Waals surface area contributed by atoms with Gasteiger partial charge in [0.25, 0.3) is 0 Å². The SMILES string of the molecule is CC(Nc1ccc(C#N)cc1Cl)c1cccnc1. The first-order chi connectivity index (χ1) is 8.70. The molecule has 0 fully saturated rings. The minimum absolute atomic E-state index is 0.101. The van der Waals surface area contributed by atoms with Gasteiger partial charge in [-0.3, -0.25) is 4.98 Å². The van der Waals surface area contributed by atoms with Crippen LogP contribution < -0.4 is 5.32 Å². The predicted molar refractivity (Wildman–Crippen MR) is 72.4 cm³/mol. The van der Waals surface area contributed by atoms with Crippen LogP contribution in [0.4, 0.5) is 5.69 Å². The standard InChI is InChI=1S/C14H12ClN3/c1-10(12-3-2-6-17-9-12)18-14-5-4-11(8-16)7-13(14)15/h2-7,9-10,18H,1H3. The van der Waals surface area contributed by atoms with E-state index in [2.05, 4.69) is 16.4 Å². The number of pyridine rings is 1. The van der Waals surface area contributed by atoms with Gasteiger partial charge >= 0.3 is 0 Å². The van der Waals surface area contributed by atoms with Crippen molar-refractivity contribution in [2.24, 2.45) is 0 Å². The number of aromatic nitrogens is 1.